The van der Waals surface area contributed by atoms with Crippen molar-refractivity contribution in [2.75, 3.05) is 33.5 Å². The number of fused-ring (bicyclic) bond motifs is 1. The van der Waals surface area contributed by atoms with Crippen LogP contribution in [-0.4, -0.2) is 44.2 Å². The number of ether oxygens (including phenoxy) is 3. The summed E-state index contributed by atoms with van der Waals surface area (Å²) in [7, 11) is 1.65. The zero-order chi connectivity index (χ0) is 16.0. The summed E-state index contributed by atoms with van der Waals surface area (Å²) in [6.07, 6.45) is 1.46. The Labute approximate surface area is 136 Å². The molecule has 1 aromatic rings. The van der Waals surface area contributed by atoms with E-state index in [0.29, 0.717) is 49.3 Å². The molecule has 0 radical (unpaired) electrons. The largest absolute Gasteiger partial charge is 0.489 e. The summed E-state index contributed by atoms with van der Waals surface area (Å²) in [6.45, 7) is 4.51. The lowest BCUT2D eigenvalue weighted by Crippen LogP contribution is -2.46. The molecule has 0 bridgehead atoms. The number of rotatable bonds is 7. The fourth-order valence-electron chi connectivity index (χ4n) is 2.48. The van der Waals surface area contributed by atoms with Gasteiger partial charge in [-0.15, -0.1) is 0 Å². The zero-order valence-corrected chi connectivity index (χ0v) is 13.9. The van der Waals surface area contributed by atoms with E-state index in [2.05, 4.69) is 5.32 Å². The molecule has 1 atom stereocenters. The Bertz CT molecular complexity index is 489. The molecule has 0 saturated heterocycles. The van der Waals surface area contributed by atoms with Crippen LogP contribution in [0.25, 0.3) is 0 Å². The van der Waals surface area contributed by atoms with Crippen molar-refractivity contribution in [3.05, 3.63) is 22.7 Å². The van der Waals surface area contributed by atoms with Gasteiger partial charge < -0.3 is 24.6 Å². The van der Waals surface area contributed by atoms with Gasteiger partial charge >= 0.3 is 0 Å². The van der Waals surface area contributed by atoms with Crippen molar-refractivity contribution in [3.63, 3.8) is 0 Å². The maximum atomic E-state index is 9.21. The van der Waals surface area contributed by atoms with Crippen molar-refractivity contribution in [2.45, 2.75) is 31.8 Å². The van der Waals surface area contributed by atoms with E-state index in [-0.39, 0.29) is 12.1 Å². The summed E-state index contributed by atoms with van der Waals surface area (Å²) in [4.78, 5) is 0. The number of aliphatic hydroxyl groups is 1. The van der Waals surface area contributed by atoms with Crippen molar-refractivity contribution in [2.24, 2.45) is 0 Å². The summed E-state index contributed by atoms with van der Waals surface area (Å²) in [5.74, 6) is 1.32. The van der Waals surface area contributed by atoms with Gasteiger partial charge in [-0.2, -0.15) is 0 Å². The van der Waals surface area contributed by atoms with Crippen LogP contribution in [0, 0.1) is 0 Å². The minimum Gasteiger partial charge on any atom is -0.489 e. The average Bonchev–Trinajstić information content (AvgIpc) is 2.71. The molecule has 1 heterocycles. The van der Waals surface area contributed by atoms with E-state index in [1.165, 1.54) is 0 Å². The molecular formula is C16H24ClNO4. The van der Waals surface area contributed by atoms with Crippen LogP contribution in [-0.2, 0) is 11.3 Å². The predicted molar refractivity (Wildman–Crippen MR) is 85.9 cm³/mol. The summed E-state index contributed by atoms with van der Waals surface area (Å²) < 4.78 is 16.6. The number of benzene rings is 1. The summed E-state index contributed by atoms with van der Waals surface area (Å²) >= 11 is 6.29. The number of aliphatic hydroxyl groups excluding tert-OH is 1. The topological polar surface area (TPSA) is 60.0 Å². The Hall–Kier alpha value is -1.01. The second-order valence-electron chi connectivity index (χ2n) is 5.78. The standard InChI is InChI=1S/C16H24ClNO4/c1-16(4-5-19,11-20-2)18-10-12-8-13(17)15-14(9-12)21-6-3-7-22-15/h8-9,18-19H,3-7,10-11H2,1-2H3. The second-order valence-corrected chi connectivity index (χ2v) is 6.18. The summed E-state index contributed by atoms with van der Waals surface area (Å²) in [6, 6.07) is 3.83. The third kappa shape index (κ3) is 4.49. The number of hydrogen-bond donors (Lipinski definition) is 2. The van der Waals surface area contributed by atoms with Gasteiger partial charge in [0, 0.05) is 32.2 Å². The average molecular weight is 330 g/mol. The molecule has 22 heavy (non-hydrogen) atoms. The Morgan fingerprint density at radius 1 is 1.36 bits per heavy atom. The highest BCUT2D eigenvalue weighted by molar-refractivity contribution is 6.32. The first-order valence-electron chi connectivity index (χ1n) is 7.51. The molecule has 124 valence electrons. The minimum absolute atomic E-state index is 0.106. The molecule has 2 rings (SSSR count). The number of nitrogens with one attached hydrogen (secondary N) is 1. The Balaban J connectivity index is 2.09. The first-order valence-corrected chi connectivity index (χ1v) is 7.88. The monoisotopic (exact) mass is 329 g/mol. The molecular weight excluding hydrogens is 306 g/mol. The Morgan fingerprint density at radius 3 is 2.86 bits per heavy atom. The van der Waals surface area contributed by atoms with E-state index < -0.39 is 0 Å². The molecule has 1 aliphatic heterocycles. The lowest BCUT2D eigenvalue weighted by molar-refractivity contribution is 0.0969. The van der Waals surface area contributed by atoms with Gasteiger partial charge in [-0.1, -0.05) is 11.6 Å². The van der Waals surface area contributed by atoms with Crippen LogP contribution in [0.5, 0.6) is 11.5 Å². The quantitative estimate of drug-likeness (QED) is 0.804. The fourth-order valence-corrected chi connectivity index (χ4v) is 2.77. The first-order chi connectivity index (χ1) is 10.6. The highest BCUT2D eigenvalue weighted by Crippen LogP contribution is 2.38. The van der Waals surface area contributed by atoms with Crippen molar-refractivity contribution < 1.29 is 19.3 Å². The van der Waals surface area contributed by atoms with Crippen LogP contribution in [0.15, 0.2) is 12.1 Å². The maximum Gasteiger partial charge on any atom is 0.179 e. The molecule has 0 saturated carbocycles. The van der Waals surface area contributed by atoms with Gasteiger partial charge in [-0.3, -0.25) is 0 Å². The van der Waals surface area contributed by atoms with E-state index >= 15 is 0 Å². The molecule has 1 aliphatic rings. The maximum absolute atomic E-state index is 9.21. The SMILES string of the molecule is COCC(C)(CCO)NCc1cc(Cl)c2c(c1)OCCCO2. The van der Waals surface area contributed by atoms with Crippen molar-refractivity contribution in [1.29, 1.82) is 0 Å². The smallest absolute Gasteiger partial charge is 0.179 e. The van der Waals surface area contributed by atoms with Crippen LogP contribution >= 0.6 is 11.6 Å². The van der Waals surface area contributed by atoms with E-state index in [1.54, 1.807) is 7.11 Å². The van der Waals surface area contributed by atoms with Crippen LogP contribution in [0.3, 0.4) is 0 Å². The Kier molecular flexibility index (Phi) is 6.32. The molecule has 1 aromatic carbocycles. The highest BCUT2D eigenvalue weighted by Gasteiger charge is 2.23. The van der Waals surface area contributed by atoms with Gasteiger partial charge in [0.15, 0.2) is 11.5 Å². The van der Waals surface area contributed by atoms with Crippen molar-refractivity contribution in [3.8, 4) is 11.5 Å². The fraction of sp³-hybridized carbons (Fsp3) is 0.625. The number of hydrogen-bond acceptors (Lipinski definition) is 5. The van der Waals surface area contributed by atoms with E-state index in [4.69, 9.17) is 25.8 Å². The van der Waals surface area contributed by atoms with E-state index in [1.807, 2.05) is 19.1 Å². The molecule has 0 aromatic heterocycles. The van der Waals surface area contributed by atoms with Gasteiger partial charge in [-0.05, 0) is 31.0 Å². The van der Waals surface area contributed by atoms with Gasteiger partial charge in [0.2, 0.25) is 0 Å². The lowest BCUT2D eigenvalue weighted by Gasteiger charge is -2.30. The molecule has 0 spiro atoms. The van der Waals surface area contributed by atoms with Gasteiger partial charge in [-0.25, -0.2) is 0 Å². The summed E-state index contributed by atoms with van der Waals surface area (Å²) in [5.41, 5.74) is 0.717. The molecule has 0 aliphatic carbocycles. The van der Waals surface area contributed by atoms with Crippen LogP contribution in [0.4, 0.5) is 0 Å². The molecule has 5 nitrogen and oxygen atoms in total. The van der Waals surface area contributed by atoms with Crippen molar-refractivity contribution >= 4 is 11.6 Å². The van der Waals surface area contributed by atoms with Crippen LogP contribution in [0.2, 0.25) is 5.02 Å². The van der Waals surface area contributed by atoms with Gasteiger partial charge in [0.05, 0.1) is 24.8 Å². The highest BCUT2D eigenvalue weighted by atomic mass is 35.5. The normalized spacial score (nSPS) is 16.9. The number of methoxy groups -OCH3 is 1. The second kappa shape index (κ2) is 8.02. The van der Waals surface area contributed by atoms with Crippen LogP contribution < -0.4 is 14.8 Å². The minimum atomic E-state index is -0.292. The molecule has 0 fully saturated rings. The molecule has 6 heteroatoms. The van der Waals surface area contributed by atoms with Crippen molar-refractivity contribution in [1.82, 2.24) is 5.32 Å². The molecule has 0 amide bonds. The third-order valence-electron chi connectivity index (χ3n) is 3.71. The summed E-state index contributed by atoms with van der Waals surface area (Å²) in [5, 5.41) is 13.2. The third-order valence-corrected chi connectivity index (χ3v) is 3.99. The molecule has 2 N–H and O–H groups in total. The van der Waals surface area contributed by atoms with Crippen LogP contribution in [0.1, 0.15) is 25.3 Å². The van der Waals surface area contributed by atoms with Gasteiger partial charge in [0.1, 0.15) is 0 Å². The zero-order valence-electron chi connectivity index (χ0n) is 13.2. The van der Waals surface area contributed by atoms with E-state index in [9.17, 15) is 5.11 Å². The van der Waals surface area contributed by atoms with E-state index in [0.717, 1.165) is 12.0 Å². The first kappa shape index (κ1) is 17.3. The lowest BCUT2D eigenvalue weighted by atomic mass is 9.99. The number of halogens is 1. The predicted octanol–water partition coefficient (Wildman–Crippen LogP) is 2.38. The Morgan fingerprint density at radius 2 is 2.14 bits per heavy atom. The molecule has 1 unspecified atom stereocenters. The van der Waals surface area contributed by atoms with Gasteiger partial charge in [0.25, 0.3) is 0 Å².